The number of halogens is 1. The Morgan fingerprint density at radius 1 is 0.341 bits per heavy atom. The third-order valence-corrected chi connectivity index (χ3v) is 20.8. The summed E-state index contributed by atoms with van der Waals surface area (Å²) in [6.07, 6.45) is 0. The molecule has 8 nitrogen and oxygen atoms in total. The molecule has 0 aliphatic carbocycles. The highest BCUT2D eigenvalue weighted by Crippen LogP contribution is 2.47. The number of rotatable bonds is 4. The Bertz CT molecular complexity index is 4300. The van der Waals surface area contributed by atoms with E-state index in [9.17, 15) is 0 Å². The average molecular weight is 1190 g/mol. The Hall–Kier alpha value is -5.77. The highest BCUT2D eigenvalue weighted by molar-refractivity contribution is 9.10. The van der Waals surface area contributed by atoms with E-state index < -0.39 is 14.0 Å². The van der Waals surface area contributed by atoms with Gasteiger partial charge in [0, 0.05) is 68.3 Å². The van der Waals surface area contributed by atoms with Gasteiger partial charge >= 0.3 is 21.1 Å². The van der Waals surface area contributed by atoms with Crippen molar-refractivity contribution in [3.05, 3.63) is 174 Å². The summed E-state index contributed by atoms with van der Waals surface area (Å²) in [5.41, 5.74) is 6.27. The van der Waals surface area contributed by atoms with Crippen molar-refractivity contribution < 1.29 is 27.9 Å². The van der Waals surface area contributed by atoms with E-state index >= 15 is 0 Å². The summed E-state index contributed by atoms with van der Waals surface area (Å²) in [5, 5.41) is 10.5. The van der Waals surface area contributed by atoms with Crippen LogP contribution in [0.2, 0.25) is 0 Å². The van der Waals surface area contributed by atoms with Crippen LogP contribution in [0.25, 0.3) is 95.3 Å². The van der Waals surface area contributed by atoms with Crippen LogP contribution in [0, 0.1) is 0 Å². The molecule has 8 aromatic carbocycles. The molecule has 0 amide bonds. The molecule has 15 rings (SSSR count). The van der Waals surface area contributed by atoms with Crippen molar-refractivity contribution in [3.63, 3.8) is 0 Å². The SMILES string of the molecule is Brc1ccc(-n2c3ccccc3c3ccc4c5ccccc5sc4c32)cc1.C.C.CC1(C)OB(B2OC(C)(C)C(C)(C)O2)OC1(C)C.CC1(C)OB(c2ccc(-n3c4ccccc4c4ccc5c6ccccc6sc5c43)cc2)OC1(C)C. The summed E-state index contributed by atoms with van der Waals surface area (Å²) in [6, 6.07) is 61.2. The Kier molecular flexibility index (Phi) is 14.7. The second kappa shape index (κ2) is 20.8. The van der Waals surface area contributed by atoms with Crippen LogP contribution in [-0.2, 0) is 27.9 Å². The number of aromatic nitrogens is 2. The molecule has 0 radical (unpaired) electrons. The van der Waals surface area contributed by atoms with Gasteiger partial charge in [0.15, 0.2) is 0 Å². The first kappa shape index (κ1) is 58.0. The van der Waals surface area contributed by atoms with Crippen LogP contribution in [0.5, 0.6) is 0 Å². The molecule has 0 atom stereocenters. The quantitative estimate of drug-likeness (QED) is 0.164. The fraction of sp³-hybridized carbons (Fsp3) is 0.294. The van der Waals surface area contributed by atoms with Crippen LogP contribution >= 0.6 is 38.6 Å². The lowest BCUT2D eigenvalue weighted by molar-refractivity contribution is 0.00578. The number of para-hydroxylation sites is 2. The molecular formula is C68H72B3BrN2O6S2. The Morgan fingerprint density at radius 3 is 1.05 bits per heavy atom. The molecule has 3 fully saturated rings. The Labute approximate surface area is 500 Å². The molecular weight excluding hydrogens is 1120 g/mol. The third kappa shape index (κ3) is 9.45. The van der Waals surface area contributed by atoms with Crippen molar-refractivity contribution in [2.24, 2.45) is 0 Å². The summed E-state index contributed by atoms with van der Waals surface area (Å²) < 4.78 is 47.7. The van der Waals surface area contributed by atoms with E-state index in [0.29, 0.717) is 0 Å². The maximum absolute atomic E-state index is 6.29. The van der Waals surface area contributed by atoms with E-state index in [-0.39, 0.29) is 55.6 Å². The normalized spacial score (nSPS) is 18.3. The first-order valence-corrected chi connectivity index (χ1v) is 30.1. The molecule has 82 heavy (non-hydrogen) atoms. The van der Waals surface area contributed by atoms with Gasteiger partial charge in [-0.3, -0.25) is 0 Å². The summed E-state index contributed by atoms with van der Waals surface area (Å²) in [6.45, 7) is 24.6. The van der Waals surface area contributed by atoms with Crippen molar-refractivity contribution in [1.82, 2.24) is 9.13 Å². The van der Waals surface area contributed by atoms with Gasteiger partial charge in [0.2, 0.25) is 0 Å². The lowest BCUT2D eigenvalue weighted by Gasteiger charge is -2.32. The number of thiophene rings is 2. The monoisotopic (exact) mass is 1190 g/mol. The van der Waals surface area contributed by atoms with E-state index in [2.05, 4.69) is 223 Å². The molecule has 3 saturated heterocycles. The predicted molar refractivity (Wildman–Crippen MR) is 356 cm³/mol. The topological polar surface area (TPSA) is 65.2 Å². The molecule has 14 heteroatoms. The maximum Gasteiger partial charge on any atom is 0.494 e. The van der Waals surface area contributed by atoms with Gasteiger partial charge in [-0.15, -0.1) is 22.7 Å². The Morgan fingerprint density at radius 2 is 0.659 bits per heavy atom. The van der Waals surface area contributed by atoms with Crippen molar-refractivity contribution >= 4 is 149 Å². The molecule has 0 bridgehead atoms. The molecule has 418 valence electrons. The van der Waals surface area contributed by atoms with Crippen molar-refractivity contribution in [2.75, 3.05) is 0 Å². The fourth-order valence-electron chi connectivity index (χ4n) is 11.3. The fourth-order valence-corrected chi connectivity index (χ4v) is 14.1. The van der Waals surface area contributed by atoms with Crippen LogP contribution in [0.15, 0.2) is 174 Å². The molecule has 12 aromatic rings. The first-order chi connectivity index (χ1) is 38.0. The standard InChI is InChI=1S/C30H26BNO2S.C24H14BrNS.C12H24B2O4.2CH4/c1-29(2)30(3,4)34-31(33-29)19-13-15-20(16-14-19)32-25-11-7-5-9-21(25)23-17-18-24-22-10-6-8-12-26(22)35-28(24)27(23)32;25-15-9-11-16(12-10-15)26-21-7-3-1-5-17(21)19-13-14-20-18-6-2-4-8-22(18)27-24(20)23(19)26;1-9(2)10(3,4)16-13(15-9)14-17-11(5,6)12(7,8)18-14;;/h5-18H,1-4H3;1-14H;1-8H3;2*1H4. The first-order valence-electron chi connectivity index (χ1n) is 27.6. The van der Waals surface area contributed by atoms with Gasteiger partial charge in [-0.2, -0.15) is 0 Å². The third-order valence-electron chi connectivity index (χ3n) is 17.9. The molecule has 0 N–H and O–H groups in total. The lowest BCUT2D eigenvalue weighted by Crippen LogP contribution is -2.41. The molecule has 0 spiro atoms. The van der Waals surface area contributed by atoms with Gasteiger partial charge < -0.3 is 37.1 Å². The van der Waals surface area contributed by atoms with E-state index in [1.165, 1.54) is 89.6 Å². The maximum atomic E-state index is 6.29. The van der Waals surface area contributed by atoms with E-state index in [0.717, 1.165) is 15.6 Å². The van der Waals surface area contributed by atoms with E-state index in [4.69, 9.17) is 27.9 Å². The Balaban J connectivity index is 0.000000134. The van der Waals surface area contributed by atoms with Gasteiger partial charge in [-0.05, 0) is 149 Å². The zero-order valence-corrected chi connectivity index (χ0v) is 50.7. The summed E-state index contributed by atoms with van der Waals surface area (Å²) in [5.74, 6) is 0. The summed E-state index contributed by atoms with van der Waals surface area (Å²) in [4.78, 5) is 0. The predicted octanol–water partition coefficient (Wildman–Crippen LogP) is 18.9. The number of hydrogen-bond donors (Lipinski definition) is 0. The minimum absolute atomic E-state index is 0. The molecule has 0 unspecified atom stereocenters. The highest BCUT2D eigenvalue weighted by atomic mass is 79.9. The van der Waals surface area contributed by atoms with Crippen LogP contribution in [-0.4, -0.2) is 63.9 Å². The van der Waals surface area contributed by atoms with Crippen LogP contribution in [0.4, 0.5) is 0 Å². The summed E-state index contributed by atoms with van der Waals surface area (Å²) >= 11 is 7.33. The van der Waals surface area contributed by atoms with E-state index in [1.54, 1.807) is 0 Å². The minimum atomic E-state index is -0.476. The van der Waals surface area contributed by atoms with Gasteiger partial charge in [0.1, 0.15) is 0 Å². The van der Waals surface area contributed by atoms with Crippen LogP contribution < -0.4 is 5.46 Å². The molecule has 3 aliphatic heterocycles. The zero-order valence-electron chi connectivity index (χ0n) is 47.4. The second-order valence-corrected chi connectivity index (χ2v) is 27.5. The minimum Gasteiger partial charge on any atom is -0.405 e. The van der Waals surface area contributed by atoms with Crippen molar-refractivity contribution in [2.45, 2.75) is 132 Å². The number of fused-ring (bicyclic) bond motifs is 14. The van der Waals surface area contributed by atoms with Crippen molar-refractivity contribution in [3.8, 4) is 11.4 Å². The smallest absolute Gasteiger partial charge is 0.405 e. The molecule has 4 aromatic heterocycles. The lowest BCUT2D eigenvalue weighted by atomic mass is 9.49. The second-order valence-electron chi connectivity index (χ2n) is 24.5. The highest BCUT2D eigenvalue weighted by Gasteiger charge is 2.64. The van der Waals surface area contributed by atoms with Gasteiger partial charge in [0.05, 0.1) is 65.1 Å². The van der Waals surface area contributed by atoms with Gasteiger partial charge in [0.25, 0.3) is 0 Å². The number of nitrogens with zero attached hydrogens (tertiary/aromatic N) is 2. The van der Waals surface area contributed by atoms with Crippen LogP contribution in [0.3, 0.4) is 0 Å². The number of hydrogen-bond acceptors (Lipinski definition) is 8. The van der Waals surface area contributed by atoms with Gasteiger partial charge in [-0.1, -0.05) is 140 Å². The number of benzene rings is 8. The van der Waals surface area contributed by atoms with Crippen molar-refractivity contribution in [1.29, 1.82) is 0 Å². The summed E-state index contributed by atoms with van der Waals surface area (Å²) in [7, 11) is -1.31. The molecule has 7 heterocycles. The van der Waals surface area contributed by atoms with Crippen LogP contribution in [0.1, 0.15) is 97.9 Å². The van der Waals surface area contributed by atoms with E-state index in [1.807, 2.05) is 78.1 Å². The average Bonchev–Trinajstić information content (AvgIpc) is 4.47. The van der Waals surface area contributed by atoms with Gasteiger partial charge in [-0.25, -0.2) is 0 Å². The molecule has 3 aliphatic rings. The largest absolute Gasteiger partial charge is 0.494 e. The zero-order chi connectivity index (χ0) is 55.9. The molecule has 0 saturated carbocycles.